The number of carbonyl (C=O) groups excluding carboxylic acids is 3. The van der Waals surface area contributed by atoms with E-state index in [2.05, 4.69) is 5.32 Å². The van der Waals surface area contributed by atoms with Crippen LogP contribution in [0.15, 0.2) is 54.6 Å². The van der Waals surface area contributed by atoms with Crippen LogP contribution in [0.4, 0.5) is 0 Å². The van der Waals surface area contributed by atoms with Crippen molar-refractivity contribution in [1.82, 2.24) is 10.2 Å². The van der Waals surface area contributed by atoms with Crippen molar-refractivity contribution >= 4 is 17.7 Å². The van der Waals surface area contributed by atoms with Crippen LogP contribution in [0, 0.1) is 0 Å². The van der Waals surface area contributed by atoms with Crippen LogP contribution in [0.25, 0.3) is 0 Å². The van der Waals surface area contributed by atoms with E-state index < -0.39 is 11.9 Å². The Hall–Kier alpha value is -3.15. The van der Waals surface area contributed by atoms with Gasteiger partial charge in [0.1, 0.15) is 24.1 Å². The summed E-state index contributed by atoms with van der Waals surface area (Å²) in [6.07, 6.45) is 0.292. The number of nitrogens with zero attached hydrogens (tertiary/aromatic N) is 1. The van der Waals surface area contributed by atoms with E-state index in [0.29, 0.717) is 17.9 Å². The van der Waals surface area contributed by atoms with Crippen molar-refractivity contribution in [1.29, 1.82) is 0 Å². The molecule has 1 aliphatic rings. The number of amides is 3. The largest absolute Gasteiger partial charge is 0.457 e. The Morgan fingerprint density at radius 1 is 1.12 bits per heavy atom. The van der Waals surface area contributed by atoms with Gasteiger partial charge in [0.2, 0.25) is 11.8 Å². The molecule has 25 heavy (non-hydrogen) atoms. The molecule has 1 atom stereocenters. The molecule has 3 rings (SSSR count). The van der Waals surface area contributed by atoms with Crippen LogP contribution in [0.1, 0.15) is 12.5 Å². The molecule has 1 N–H and O–H groups in total. The fourth-order valence-corrected chi connectivity index (χ4v) is 2.71. The maximum Gasteiger partial charge on any atom is 0.252 e. The van der Waals surface area contributed by atoms with Gasteiger partial charge in [-0.05, 0) is 29.8 Å². The van der Waals surface area contributed by atoms with E-state index in [1.54, 1.807) is 0 Å². The number of piperazine rings is 1. The number of imide groups is 1. The minimum Gasteiger partial charge on any atom is -0.457 e. The molecule has 0 bridgehead atoms. The summed E-state index contributed by atoms with van der Waals surface area (Å²) in [6, 6.07) is 15.9. The summed E-state index contributed by atoms with van der Waals surface area (Å²) >= 11 is 0. The second-order valence-corrected chi connectivity index (χ2v) is 5.83. The molecule has 0 radical (unpaired) electrons. The van der Waals surface area contributed by atoms with Gasteiger partial charge in [-0.2, -0.15) is 0 Å². The van der Waals surface area contributed by atoms with Gasteiger partial charge in [-0.25, -0.2) is 0 Å². The van der Waals surface area contributed by atoms with Crippen LogP contribution in [0.2, 0.25) is 0 Å². The highest BCUT2D eigenvalue weighted by Crippen LogP contribution is 2.22. The van der Waals surface area contributed by atoms with E-state index in [4.69, 9.17) is 4.74 Å². The van der Waals surface area contributed by atoms with Crippen LogP contribution in [0.5, 0.6) is 11.5 Å². The molecule has 6 nitrogen and oxygen atoms in total. The number of carbonyl (C=O) groups is 3. The number of para-hydroxylation sites is 1. The van der Waals surface area contributed by atoms with E-state index in [1.807, 2.05) is 54.6 Å². The number of hydrogen-bond donors (Lipinski definition) is 1. The lowest BCUT2D eigenvalue weighted by atomic mass is 10.0. The Morgan fingerprint density at radius 3 is 2.56 bits per heavy atom. The van der Waals surface area contributed by atoms with Crippen LogP contribution in [-0.4, -0.2) is 35.2 Å². The second kappa shape index (κ2) is 7.17. The van der Waals surface area contributed by atoms with Gasteiger partial charge in [-0.15, -0.1) is 0 Å². The topological polar surface area (TPSA) is 75.7 Å². The van der Waals surface area contributed by atoms with Gasteiger partial charge in [0.05, 0.1) is 0 Å². The Labute approximate surface area is 145 Å². The summed E-state index contributed by atoms with van der Waals surface area (Å²) in [7, 11) is 0. The Balaban J connectivity index is 1.74. The molecule has 6 heteroatoms. The molecule has 1 fully saturated rings. The van der Waals surface area contributed by atoms with Gasteiger partial charge in [0.15, 0.2) is 0 Å². The van der Waals surface area contributed by atoms with Gasteiger partial charge in [-0.1, -0.05) is 30.3 Å². The normalized spacial score (nSPS) is 17.2. The average Bonchev–Trinajstić information content (AvgIpc) is 2.59. The number of hydrogen-bond acceptors (Lipinski definition) is 4. The molecule has 0 unspecified atom stereocenters. The molecule has 0 spiro atoms. The SMILES string of the molecule is CC(=O)N1CC(=O)N[C@@H](Cc2cccc(Oc3ccccc3)c2)C1=O. The average molecular weight is 338 g/mol. The maximum absolute atomic E-state index is 12.4. The molecule has 1 saturated heterocycles. The third-order valence-corrected chi connectivity index (χ3v) is 3.90. The van der Waals surface area contributed by atoms with Gasteiger partial charge in [0.25, 0.3) is 5.91 Å². The zero-order chi connectivity index (χ0) is 17.8. The zero-order valence-corrected chi connectivity index (χ0v) is 13.8. The maximum atomic E-state index is 12.4. The molecule has 1 aliphatic heterocycles. The van der Waals surface area contributed by atoms with E-state index in [1.165, 1.54) is 6.92 Å². The lowest BCUT2D eigenvalue weighted by Crippen LogP contribution is -2.59. The molecule has 0 saturated carbocycles. The standard InChI is InChI=1S/C19H18N2O4/c1-13(22)21-12-18(23)20-17(19(21)24)11-14-6-5-9-16(10-14)25-15-7-3-2-4-8-15/h2-10,17H,11-12H2,1H3,(H,20,23)/t17-/m0/s1. The minimum atomic E-state index is -0.753. The molecule has 2 aromatic carbocycles. The molecule has 3 amide bonds. The van der Waals surface area contributed by atoms with E-state index >= 15 is 0 Å². The Bertz CT molecular complexity index is 804. The lowest BCUT2D eigenvalue weighted by molar-refractivity contribution is -0.152. The molecule has 0 aliphatic carbocycles. The summed E-state index contributed by atoms with van der Waals surface area (Å²) in [5, 5.41) is 2.65. The molecular weight excluding hydrogens is 320 g/mol. The highest BCUT2D eigenvalue weighted by atomic mass is 16.5. The number of nitrogens with one attached hydrogen (secondary N) is 1. The van der Waals surface area contributed by atoms with Gasteiger partial charge in [0, 0.05) is 13.3 Å². The number of rotatable bonds is 4. The van der Waals surface area contributed by atoms with Crippen molar-refractivity contribution in [3.8, 4) is 11.5 Å². The predicted molar refractivity (Wildman–Crippen MR) is 91.0 cm³/mol. The molecule has 1 heterocycles. The van der Waals surface area contributed by atoms with E-state index in [-0.39, 0.29) is 18.4 Å². The van der Waals surface area contributed by atoms with Crippen LogP contribution in [-0.2, 0) is 20.8 Å². The first kappa shape index (κ1) is 16.7. The fraction of sp³-hybridized carbons (Fsp3) is 0.211. The van der Waals surface area contributed by atoms with Crippen molar-refractivity contribution in [3.63, 3.8) is 0 Å². The highest BCUT2D eigenvalue weighted by Gasteiger charge is 2.34. The van der Waals surface area contributed by atoms with Crippen molar-refractivity contribution < 1.29 is 19.1 Å². The van der Waals surface area contributed by atoms with Gasteiger partial charge >= 0.3 is 0 Å². The fourth-order valence-electron chi connectivity index (χ4n) is 2.71. The van der Waals surface area contributed by atoms with Crippen molar-refractivity contribution in [2.75, 3.05) is 6.54 Å². The Morgan fingerprint density at radius 2 is 1.84 bits per heavy atom. The monoisotopic (exact) mass is 338 g/mol. The Kier molecular flexibility index (Phi) is 4.79. The second-order valence-electron chi connectivity index (χ2n) is 5.83. The first-order valence-electron chi connectivity index (χ1n) is 7.96. The first-order chi connectivity index (χ1) is 12.0. The predicted octanol–water partition coefficient (Wildman–Crippen LogP) is 1.89. The number of benzene rings is 2. The lowest BCUT2D eigenvalue weighted by Gasteiger charge is -2.30. The minimum absolute atomic E-state index is 0.220. The summed E-state index contributed by atoms with van der Waals surface area (Å²) < 4.78 is 5.78. The van der Waals surface area contributed by atoms with Crippen LogP contribution in [0.3, 0.4) is 0 Å². The number of ether oxygens (including phenoxy) is 1. The summed E-state index contributed by atoms with van der Waals surface area (Å²) in [6.45, 7) is 1.06. The van der Waals surface area contributed by atoms with E-state index in [0.717, 1.165) is 10.5 Å². The molecule has 2 aromatic rings. The van der Waals surface area contributed by atoms with Gasteiger partial charge < -0.3 is 10.1 Å². The zero-order valence-electron chi connectivity index (χ0n) is 13.8. The molecule has 0 aromatic heterocycles. The van der Waals surface area contributed by atoms with Crippen LogP contribution >= 0.6 is 0 Å². The third kappa shape index (κ3) is 4.03. The first-order valence-corrected chi connectivity index (χ1v) is 7.96. The van der Waals surface area contributed by atoms with Crippen LogP contribution < -0.4 is 10.1 Å². The van der Waals surface area contributed by atoms with Crippen molar-refractivity contribution in [2.45, 2.75) is 19.4 Å². The van der Waals surface area contributed by atoms with Gasteiger partial charge in [-0.3, -0.25) is 19.3 Å². The molecule has 128 valence electrons. The van der Waals surface area contributed by atoms with E-state index in [9.17, 15) is 14.4 Å². The molecular formula is C19H18N2O4. The third-order valence-electron chi connectivity index (χ3n) is 3.90. The summed E-state index contributed by atoms with van der Waals surface area (Å²) in [5.41, 5.74) is 0.831. The summed E-state index contributed by atoms with van der Waals surface area (Å²) in [5.74, 6) is 0.204. The smallest absolute Gasteiger partial charge is 0.252 e. The van der Waals surface area contributed by atoms with Crippen molar-refractivity contribution in [3.05, 3.63) is 60.2 Å². The van der Waals surface area contributed by atoms with Crippen molar-refractivity contribution in [2.24, 2.45) is 0 Å². The highest BCUT2D eigenvalue weighted by molar-refractivity contribution is 6.04. The summed E-state index contributed by atoms with van der Waals surface area (Å²) in [4.78, 5) is 36.6. The quantitative estimate of drug-likeness (QED) is 0.924.